The molecule has 8 heteroatoms. The highest BCUT2D eigenvalue weighted by Gasteiger charge is 2.31. The molecular weight excluding hydrogens is 402 g/mol. The van der Waals surface area contributed by atoms with E-state index in [9.17, 15) is 4.79 Å². The van der Waals surface area contributed by atoms with Gasteiger partial charge in [0.2, 0.25) is 5.89 Å². The summed E-state index contributed by atoms with van der Waals surface area (Å²) in [6.45, 7) is 4.78. The molecule has 4 heterocycles. The number of fused-ring (bicyclic) bond motifs is 1. The molecular formula is C22H23N3O4S. The smallest absolute Gasteiger partial charge is 0.257 e. The number of hydrogen-bond acceptors (Lipinski definition) is 8. The first-order valence-electron chi connectivity index (χ1n) is 10.2. The van der Waals surface area contributed by atoms with Crippen molar-refractivity contribution in [3.63, 3.8) is 0 Å². The number of ether oxygens (including phenoxy) is 2. The van der Waals surface area contributed by atoms with Crippen LogP contribution in [-0.2, 0) is 0 Å². The quantitative estimate of drug-likeness (QED) is 0.566. The van der Waals surface area contributed by atoms with Crippen LogP contribution in [0.25, 0.3) is 10.8 Å². The largest absolute Gasteiger partial charge is 0.486 e. The van der Waals surface area contributed by atoms with Gasteiger partial charge in [0.25, 0.3) is 5.89 Å². The molecule has 156 valence electrons. The Labute approximate surface area is 178 Å². The average Bonchev–Trinajstić information content (AvgIpc) is 3.50. The highest BCUT2D eigenvalue weighted by Crippen LogP contribution is 2.34. The highest BCUT2D eigenvalue weighted by molar-refractivity contribution is 7.13. The molecule has 2 aliphatic rings. The topological polar surface area (TPSA) is 77.7 Å². The summed E-state index contributed by atoms with van der Waals surface area (Å²) in [4.78, 5) is 16.3. The Balaban J connectivity index is 1.21. The van der Waals surface area contributed by atoms with Gasteiger partial charge in [-0.1, -0.05) is 6.07 Å². The molecule has 1 fully saturated rings. The molecule has 1 aromatic carbocycles. The van der Waals surface area contributed by atoms with E-state index in [-0.39, 0.29) is 17.7 Å². The Bertz CT molecular complexity index is 1020. The number of hydrogen-bond donors (Lipinski definition) is 0. The van der Waals surface area contributed by atoms with E-state index in [1.807, 2.05) is 35.7 Å². The predicted molar refractivity (Wildman–Crippen MR) is 112 cm³/mol. The Kier molecular flexibility index (Phi) is 5.26. The van der Waals surface area contributed by atoms with Gasteiger partial charge in [0.05, 0.1) is 10.9 Å². The van der Waals surface area contributed by atoms with Crippen LogP contribution in [0.4, 0.5) is 0 Å². The lowest BCUT2D eigenvalue weighted by molar-refractivity contribution is 0.0781. The van der Waals surface area contributed by atoms with Crippen molar-refractivity contribution in [3.8, 4) is 22.3 Å². The maximum atomic E-state index is 13.0. The summed E-state index contributed by atoms with van der Waals surface area (Å²) in [5, 5.41) is 10.4. The first-order chi connectivity index (χ1) is 14.7. The van der Waals surface area contributed by atoms with Crippen molar-refractivity contribution in [2.75, 3.05) is 26.3 Å². The molecule has 0 aliphatic carbocycles. The fourth-order valence-corrected chi connectivity index (χ4v) is 4.68. The number of carbonyl (C=O) groups is 1. The standard InChI is InChI=1S/C22H23N3O4S/c1-14(21-23-24-22(29-21)19-3-2-12-30-19)25-8-6-15(7-9-25)20(26)16-4-5-17-18(13-16)28-11-10-27-17/h2-5,12-15H,6-11H2,1H3. The maximum Gasteiger partial charge on any atom is 0.257 e. The summed E-state index contributed by atoms with van der Waals surface area (Å²) in [6.07, 6.45) is 1.62. The normalized spacial score (nSPS) is 18.3. The molecule has 0 saturated carbocycles. The summed E-state index contributed by atoms with van der Waals surface area (Å²) < 4.78 is 17.1. The molecule has 2 aliphatic heterocycles. The first-order valence-corrected chi connectivity index (χ1v) is 11.1. The minimum Gasteiger partial charge on any atom is -0.486 e. The number of nitrogens with zero attached hydrogens (tertiary/aromatic N) is 3. The summed E-state index contributed by atoms with van der Waals surface area (Å²) >= 11 is 1.58. The van der Waals surface area contributed by atoms with Crippen LogP contribution < -0.4 is 9.47 Å². The van der Waals surface area contributed by atoms with Crippen LogP contribution in [0.2, 0.25) is 0 Å². The van der Waals surface area contributed by atoms with Gasteiger partial charge in [-0.25, -0.2) is 0 Å². The van der Waals surface area contributed by atoms with Gasteiger partial charge in [0.1, 0.15) is 13.2 Å². The van der Waals surface area contributed by atoms with E-state index in [0.717, 1.165) is 30.8 Å². The molecule has 0 amide bonds. The number of thiophene rings is 1. The minimum absolute atomic E-state index is 0.0142. The Hall–Kier alpha value is -2.71. The molecule has 5 rings (SSSR count). The second-order valence-corrected chi connectivity index (χ2v) is 8.58. The molecule has 0 N–H and O–H groups in total. The third kappa shape index (κ3) is 3.73. The van der Waals surface area contributed by atoms with Gasteiger partial charge in [-0.05, 0) is 62.5 Å². The summed E-state index contributed by atoms with van der Waals surface area (Å²) in [5.74, 6) is 2.75. The van der Waals surface area contributed by atoms with Gasteiger partial charge in [-0.2, -0.15) is 0 Å². The van der Waals surface area contributed by atoms with Gasteiger partial charge in [-0.15, -0.1) is 21.5 Å². The summed E-state index contributed by atoms with van der Waals surface area (Å²) in [7, 11) is 0. The Morgan fingerprint density at radius 1 is 1.13 bits per heavy atom. The molecule has 7 nitrogen and oxygen atoms in total. The number of benzene rings is 1. The molecule has 0 spiro atoms. The van der Waals surface area contributed by atoms with Crippen molar-refractivity contribution in [2.45, 2.75) is 25.8 Å². The van der Waals surface area contributed by atoms with Crippen molar-refractivity contribution >= 4 is 17.1 Å². The van der Waals surface area contributed by atoms with Gasteiger partial charge < -0.3 is 13.9 Å². The number of piperidine rings is 1. The van der Waals surface area contributed by atoms with Crippen molar-refractivity contribution < 1.29 is 18.7 Å². The first kappa shape index (κ1) is 19.3. The van der Waals surface area contributed by atoms with Crippen LogP contribution in [0, 0.1) is 5.92 Å². The second-order valence-electron chi connectivity index (χ2n) is 7.63. The number of carbonyl (C=O) groups excluding carboxylic acids is 1. The number of ketones is 1. The lowest BCUT2D eigenvalue weighted by Crippen LogP contribution is -2.38. The van der Waals surface area contributed by atoms with Crippen molar-refractivity contribution in [3.05, 3.63) is 47.2 Å². The summed E-state index contributed by atoms with van der Waals surface area (Å²) in [5.41, 5.74) is 0.697. The van der Waals surface area contributed by atoms with E-state index in [4.69, 9.17) is 13.9 Å². The monoisotopic (exact) mass is 425 g/mol. The van der Waals surface area contributed by atoms with E-state index >= 15 is 0 Å². The zero-order chi connectivity index (χ0) is 20.5. The average molecular weight is 426 g/mol. The fraction of sp³-hybridized carbons (Fsp3) is 0.409. The van der Waals surface area contributed by atoms with Crippen LogP contribution in [-0.4, -0.2) is 47.2 Å². The van der Waals surface area contributed by atoms with Gasteiger partial charge >= 0.3 is 0 Å². The molecule has 3 aromatic rings. The minimum atomic E-state index is 0.0142. The van der Waals surface area contributed by atoms with Crippen LogP contribution in [0.3, 0.4) is 0 Å². The van der Waals surface area contributed by atoms with Crippen molar-refractivity contribution in [1.29, 1.82) is 0 Å². The van der Waals surface area contributed by atoms with E-state index in [1.54, 1.807) is 11.3 Å². The molecule has 1 atom stereocenters. The number of likely N-dealkylation sites (tertiary alicyclic amines) is 1. The zero-order valence-corrected chi connectivity index (χ0v) is 17.6. The molecule has 1 saturated heterocycles. The lowest BCUT2D eigenvalue weighted by Gasteiger charge is -2.34. The number of Topliss-reactive ketones (excluding diaryl/α,β-unsaturated/α-hetero) is 1. The van der Waals surface area contributed by atoms with E-state index in [0.29, 0.717) is 42.1 Å². The summed E-state index contributed by atoms with van der Waals surface area (Å²) in [6, 6.07) is 9.46. The zero-order valence-electron chi connectivity index (χ0n) is 16.7. The third-order valence-electron chi connectivity index (χ3n) is 5.80. The van der Waals surface area contributed by atoms with Crippen LogP contribution in [0.1, 0.15) is 42.1 Å². The van der Waals surface area contributed by atoms with Crippen molar-refractivity contribution in [2.24, 2.45) is 5.92 Å². The molecule has 0 bridgehead atoms. The van der Waals surface area contributed by atoms with E-state index < -0.39 is 0 Å². The molecule has 1 unspecified atom stereocenters. The Morgan fingerprint density at radius 2 is 1.93 bits per heavy atom. The Morgan fingerprint density at radius 3 is 2.70 bits per heavy atom. The van der Waals surface area contributed by atoms with Gasteiger partial charge in [0, 0.05) is 11.5 Å². The maximum absolute atomic E-state index is 13.0. The number of rotatable bonds is 5. The van der Waals surface area contributed by atoms with Crippen molar-refractivity contribution in [1.82, 2.24) is 15.1 Å². The lowest BCUT2D eigenvalue weighted by atomic mass is 9.88. The van der Waals surface area contributed by atoms with Gasteiger partial charge in [0.15, 0.2) is 17.3 Å². The molecule has 2 aromatic heterocycles. The van der Waals surface area contributed by atoms with E-state index in [2.05, 4.69) is 22.0 Å². The fourth-order valence-electron chi connectivity index (χ4n) is 4.04. The predicted octanol–water partition coefficient (Wildman–Crippen LogP) is 4.23. The van der Waals surface area contributed by atoms with Crippen LogP contribution in [0.15, 0.2) is 40.1 Å². The SMILES string of the molecule is CC(c1nnc(-c2cccs2)o1)N1CCC(C(=O)c2ccc3c(c2)OCCO3)CC1. The molecule has 30 heavy (non-hydrogen) atoms. The van der Waals surface area contributed by atoms with Crippen LogP contribution >= 0.6 is 11.3 Å². The third-order valence-corrected chi connectivity index (χ3v) is 6.66. The van der Waals surface area contributed by atoms with E-state index in [1.165, 1.54) is 0 Å². The highest BCUT2D eigenvalue weighted by atomic mass is 32.1. The van der Waals surface area contributed by atoms with Gasteiger partial charge in [-0.3, -0.25) is 9.69 Å². The second kappa shape index (κ2) is 8.20. The number of aromatic nitrogens is 2. The molecule has 0 radical (unpaired) electrons. The van der Waals surface area contributed by atoms with Crippen LogP contribution in [0.5, 0.6) is 11.5 Å².